The van der Waals surface area contributed by atoms with Crippen LogP contribution in [0.25, 0.3) is 0 Å². The molecule has 4 rings (SSSR count). The van der Waals surface area contributed by atoms with Gasteiger partial charge in [0.05, 0.1) is 12.2 Å². The Bertz CT molecular complexity index is 758. The summed E-state index contributed by atoms with van der Waals surface area (Å²) in [4.78, 5) is 30.9. The van der Waals surface area contributed by atoms with E-state index in [0.717, 1.165) is 30.9 Å². The summed E-state index contributed by atoms with van der Waals surface area (Å²) in [6.07, 6.45) is 1.99. The van der Waals surface area contributed by atoms with Gasteiger partial charge in [-0.2, -0.15) is 0 Å². The third-order valence-electron chi connectivity index (χ3n) is 5.15. The number of nitrogens with one attached hydrogen (secondary N) is 3. The maximum atomic E-state index is 12.8. The molecule has 1 saturated heterocycles. The van der Waals surface area contributed by atoms with Crippen LogP contribution in [0.1, 0.15) is 32.3 Å². The van der Waals surface area contributed by atoms with Crippen LogP contribution in [0.4, 0.5) is 10.5 Å². The number of anilines is 1. The summed E-state index contributed by atoms with van der Waals surface area (Å²) in [5, 5.41) is 9.38. The number of carbonyl (C=O) groups excluding carboxylic acids is 2. The Morgan fingerprint density at radius 3 is 2.84 bits per heavy atom. The minimum Gasteiger partial charge on any atom is -0.352 e. The first-order valence-corrected chi connectivity index (χ1v) is 8.78. The van der Waals surface area contributed by atoms with E-state index in [2.05, 4.69) is 27.9 Å². The average Bonchev–Trinajstić information content (AvgIpc) is 3.32. The van der Waals surface area contributed by atoms with Crippen LogP contribution in [0.5, 0.6) is 0 Å². The largest absolute Gasteiger partial charge is 0.352 e. The molecule has 3 aliphatic rings. The van der Waals surface area contributed by atoms with Gasteiger partial charge in [0.1, 0.15) is 5.54 Å². The van der Waals surface area contributed by atoms with Gasteiger partial charge in [-0.1, -0.05) is 12.1 Å². The number of nitrogens with zero attached hydrogens (tertiary/aromatic N) is 2. The predicted octanol–water partition coefficient (Wildman–Crippen LogP) is 1.35. The van der Waals surface area contributed by atoms with E-state index >= 15 is 0 Å². The molecule has 2 atom stereocenters. The lowest BCUT2D eigenvalue weighted by Gasteiger charge is -2.21. The zero-order chi connectivity index (χ0) is 17.6. The molecule has 1 aliphatic carbocycles. The number of aliphatic imine (C=N–C) groups is 1. The fourth-order valence-corrected chi connectivity index (χ4v) is 3.48. The number of rotatable bonds is 4. The predicted molar refractivity (Wildman–Crippen MR) is 95.3 cm³/mol. The highest BCUT2D eigenvalue weighted by molar-refractivity contribution is 6.23. The van der Waals surface area contributed by atoms with Crippen LogP contribution >= 0.6 is 0 Å². The first kappa shape index (κ1) is 15.9. The van der Waals surface area contributed by atoms with Gasteiger partial charge in [0.25, 0.3) is 5.91 Å². The normalized spacial score (nSPS) is 28.6. The van der Waals surface area contributed by atoms with Gasteiger partial charge in [-0.3, -0.25) is 9.79 Å². The van der Waals surface area contributed by atoms with E-state index in [9.17, 15) is 9.59 Å². The zero-order valence-corrected chi connectivity index (χ0v) is 14.5. The van der Waals surface area contributed by atoms with E-state index < -0.39 is 5.54 Å². The summed E-state index contributed by atoms with van der Waals surface area (Å²) in [5.74, 6) is 0.891. The number of amides is 3. The molecule has 7 nitrogen and oxygen atoms in total. The van der Waals surface area contributed by atoms with Crippen molar-refractivity contribution in [2.45, 2.75) is 44.8 Å². The molecule has 25 heavy (non-hydrogen) atoms. The van der Waals surface area contributed by atoms with E-state index in [1.54, 1.807) is 6.07 Å². The second kappa shape index (κ2) is 5.75. The van der Waals surface area contributed by atoms with Gasteiger partial charge >= 0.3 is 6.03 Å². The van der Waals surface area contributed by atoms with E-state index in [0.29, 0.717) is 18.3 Å². The minimum atomic E-state index is -0.760. The van der Waals surface area contributed by atoms with Gasteiger partial charge in [-0.05, 0) is 50.3 Å². The van der Waals surface area contributed by atoms with Crippen molar-refractivity contribution in [2.75, 3.05) is 11.4 Å². The molecule has 2 aliphatic heterocycles. The first-order valence-electron chi connectivity index (χ1n) is 8.78. The zero-order valence-electron chi connectivity index (χ0n) is 14.5. The summed E-state index contributed by atoms with van der Waals surface area (Å²) in [7, 11) is 0. The average molecular weight is 341 g/mol. The maximum Gasteiger partial charge on any atom is 0.329 e. The summed E-state index contributed by atoms with van der Waals surface area (Å²) < 4.78 is 0. The highest BCUT2D eigenvalue weighted by Crippen LogP contribution is 2.43. The molecular formula is C18H23N5O2. The van der Waals surface area contributed by atoms with Crippen LogP contribution in [0.3, 0.4) is 0 Å². The second-order valence-corrected chi connectivity index (χ2v) is 7.31. The second-order valence-electron chi connectivity index (χ2n) is 7.31. The topological polar surface area (TPSA) is 85.8 Å². The smallest absolute Gasteiger partial charge is 0.329 e. The standard InChI is InChI=1S/C18H23N5O2/c1-11-9-19-16(21-11)20-10-12-4-3-5-14(8-12)23-15(24)18(2,13-6-7-13)22-17(23)25/h3-5,8,11,13H,6-7,9-10H2,1-2H3,(H,22,25)(H2,19,20,21). The van der Waals surface area contributed by atoms with Crippen LogP contribution in [-0.4, -0.2) is 36.0 Å². The fourth-order valence-electron chi connectivity index (χ4n) is 3.48. The van der Waals surface area contributed by atoms with E-state index in [1.807, 2.05) is 25.1 Å². The van der Waals surface area contributed by atoms with Gasteiger partial charge < -0.3 is 16.0 Å². The van der Waals surface area contributed by atoms with Crippen molar-refractivity contribution < 1.29 is 9.59 Å². The quantitative estimate of drug-likeness (QED) is 0.722. The molecule has 2 heterocycles. The highest BCUT2D eigenvalue weighted by atomic mass is 16.2. The van der Waals surface area contributed by atoms with Gasteiger partial charge in [0.15, 0.2) is 5.96 Å². The van der Waals surface area contributed by atoms with E-state index in [1.165, 1.54) is 4.90 Å². The molecule has 0 aromatic heterocycles. The van der Waals surface area contributed by atoms with Crippen molar-refractivity contribution in [1.82, 2.24) is 16.0 Å². The SMILES string of the molecule is CC1CN=C(NCc2cccc(N3C(=O)NC(C)(C4CC4)C3=O)c2)N1. The molecule has 0 spiro atoms. The molecular weight excluding hydrogens is 318 g/mol. The molecule has 0 bridgehead atoms. The lowest BCUT2D eigenvalue weighted by atomic mass is 9.96. The molecule has 132 valence electrons. The summed E-state index contributed by atoms with van der Waals surface area (Å²) in [6, 6.07) is 7.52. The molecule has 2 unspecified atom stereocenters. The highest BCUT2D eigenvalue weighted by Gasteiger charge is 2.56. The Kier molecular flexibility index (Phi) is 3.67. The molecule has 2 fully saturated rings. The summed E-state index contributed by atoms with van der Waals surface area (Å²) in [5.41, 5.74) is 0.840. The van der Waals surface area contributed by atoms with Crippen molar-refractivity contribution in [3.8, 4) is 0 Å². The maximum absolute atomic E-state index is 12.8. The Morgan fingerprint density at radius 2 is 2.16 bits per heavy atom. The van der Waals surface area contributed by atoms with Gasteiger partial charge in [0, 0.05) is 12.6 Å². The first-order chi connectivity index (χ1) is 12.0. The van der Waals surface area contributed by atoms with Crippen molar-refractivity contribution >= 4 is 23.6 Å². The molecule has 3 amide bonds. The van der Waals surface area contributed by atoms with Crippen LogP contribution in [0, 0.1) is 5.92 Å². The molecule has 3 N–H and O–H groups in total. The molecule has 0 radical (unpaired) electrons. The molecule has 1 saturated carbocycles. The molecule has 1 aromatic rings. The van der Waals surface area contributed by atoms with Gasteiger partial charge in [-0.25, -0.2) is 9.69 Å². The summed E-state index contributed by atoms with van der Waals surface area (Å²) >= 11 is 0. The Morgan fingerprint density at radius 1 is 1.36 bits per heavy atom. The number of benzene rings is 1. The van der Waals surface area contributed by atoms with E-state index in [-0.39, 0.29) is 17.9 Å². The van der Waals surface area contributed by atoms with Crippen molar-refractivity contribution in [3.05, 3.63) is 29.8 Å². The van der Waals surface area contributed by atoms with Gasteiger partial charge in [-0.15, -0.1) is 0 Å². The Balaban J connectivity index is 1.49. The van der Waals surface area contributed by atoms with Crippen molar-refractivity contribution in [1.29, 1.82) is 0 Å². The van der Waals surface area contributed by atoms with Gasteiger partial charge in [0.2, 0.25) is 0 Å². The van der Waals surface area contributed by atoms with Crippen LogP contribution < -0.4 is 20.9 Å². The Labute approximate surface area is 146 Å². The lowest BCUT2D eigenvalue weighted by molar-refractivity contribution is -0.122. The third-order valence-corrected chi connectivity index (χ3v) is 5.15. The minimum absolute atomic E-state index is 0.152. The van der Waals surface area contributed by atoms with Crippen molar-refractivity contribution in [3.63, 3.8) is 0 Å². The van der Waals surface area contributed by atoms with E-state index in [4.69, 9.17) is 0 Å². The summed E-state index contributed by atoms with van der Waals surface area (Å²) in [6.45, 7) is 5.26. The lowest BCUT2D eigenvalue weighted by Crippen LogP contribution is -2.46. The third kappa shape index (κ3) is 2.83. The number of guanidine groups is 1. The number of hydrogen-bond acceptors (Lipinski definition) is 5. The van der Waals surface area contributed by atoms with Crippen molar-refractivity contribution in [2.24, 2.45) is 10.9 Å². The van der Waals surface area contributed by atoms with Crippen LogP contribution in [-0.2, 0) is 11.3 Å². The number of hydrogen-bond donors (Lipinski definition) is 3. The molecule has 1 aromatic carbocycles. The number of carbonyl (C=O) groups is 2. The fraction of sp³-hybridized carbons (Fsp3) is 0.500. The Hall–Kier alpha value is -2.57. The number of imide groups is 1. The van der Waals surface area contributed by atoms with Crippen LogP contribution in [0.2, 0.25) is 0 Å². The van der Waals surface area contributed by atoms with Crippen LogP contribution in [0.15, 0.2) is 29.3 Å². The molecule has 7 heteroatoms. The monoisotopic (exact) mass is 341 g/mol. The number of urea groups is 1.